The van der Waals surface area contributed by atoms with Crippen molar-refractivity contribution in [2.45, 2.75) is 25.7 Å². The van der Waals surface area contributed by atoms with Crippen LogP contribution in [0, 0.1) is 12.7 Å². The van der Waals surface area contributed by atoms with Crippen molar-refractivity contribution >= 4 is 33.7 Å². The number of nitrogens with zero attached hydrogens (tertiary/aromatic N) is 1. The first-order valence-corrected chi connectivity index (χ1v) is 14.8. The van der Waals surface area contributed by atoms with Crippen molar-refractivity contribution in [2.24, 2.45) is 0 Å². The van der Waals surface area contributed by atoms with Crippen LogP contribution in [-0.4, -0.2) is 31.6 Å². The number of benzene rings is 3. The quantitative estimate of drug-likeness (QED) is 0.225. The molecular formula is C33H32FN3O3S. The molecule has 1 aromatic heterocycles. The number of carbonyl (C=O) groups is 1. The van der Waals surface area contributed by atoms with Crippen LogP contribution in [0.4, 0.5) is 10.2 Å². The number of hydrogen-bond acceptors (Lipinski definition) is 5. The van der Waals surface area contributed by atoms with Crippen LogP contribution >= 0.6 is 0 Å². The number of nitrogens with two attached hydrogens (primary N) is 1. The summed E-state index contributed by atoms with van der Waals surface area (Å²) in [7, 11) is -3.31. The molecule has 0 aliphatic heterocycles. The number of sulfone groups is 1. The lowest BCUT2D eigenvalue weighted by atomic mass is 9.90. The van der Waals surface area contributed by atoms with Gasteiger partial charge in [0, 0.05) is 18.8 Å². The first-order chi connectivity index (χ1) is 19.6. The van der Waals surface area contributed by atoms with Gasteiger partial charge in [0.1, 0.15) is 11.6 Å². The van der Waals surface area contributed by atoms with E-state index in [9.17, 15) is 17.6 Å². The maximum absolute atomic E-state index is 13.7. The summed E-state index contributed by atoms with van der Waals surface area (Å²) in [5.41, 5.74) is 12.7. The van der Waals surface area contributed by atoms with Crippen molar-refractivity contribution in [3.8, 4) is 22.3 Å². The minimum Gasteiger partial charge on any atom is -0.384 e. The summed E-state index contributed by atoms with van der Waals surface area (Å²) in [6, 6.07) is 20.7. The van der Waals surface area contributed by atoms with E-state index in [0.29, 0.717) is 12.4 Å². The second-order valence-electron chi connectivity index (χ2n) is 9.73. The molecule has 0 aliphatic carbocycles. The van der Waals surface area contributed by atoms with E-state index in [1.165, 1.54) is 18.2 Å². The van der Waals surface area contributed by atoms with E-state index in [4.69, 9.17) is 5.73 Å². The van der Waals surface area contributed by atoms with E-state index < -0.39 is 9.84 Å². The molecule has 8 heteroatoms. The van der Waals surface area contributed by atoms with Gasteiger partial charge in [-0.3, -0.25) is 4.79 Å². The van der Waals surface area contributed by atoms with Crippen LogP contribution in [-0.2, 0) is 14.6 Å². The maximum atomic E-state index is 13.7. The molecule has 0 bridgehead atoms. The van der Waals surface area contributed by atoms with Gasteiger partial charge in [-0.1, -0.05) is 42.8 Å². The van der Waals surface area contributed by atoms with Crippen LogP contribution in [0.2, 0.25) is 0 Å². The molecule has 0 fully saturated rings. The van der Waals surface area contributed by atoms with Crippen molar-refractivity contribution in [2.75, 3.05) is 18.0 Å². The summed E-state index contributed by atoms with van der Waals surface area (Å²) in [6.07, 6.45) is 6.71. The van der Waals surface area contributed by atoms with Gasteiger partial charge in [-0.05, 0) is 107 Å². The molecule has 4 rings (SSSR count). The zero-order chi connectivity index (χ0) is 29.6. The van der Waals surface area contributed by atoms with Crippen molar-refractivity contribution < 1.29 is 17.6 Å². The number of aromatic nitrogens is 1. The molecular weight excluding hydrogens is 537 g/mol. The number of nitrogen functional groups attached to an aromatic ring is 1. The highest BCUT2D eigenvalue weighted by molar-refractivity contribution is 7.91. The normalized spacial score (nSPS) is 12.0. The van der Waals surface area contributed by atoms with E-state index in [2.05, 4.69) is 10.3 Å². The van der Waals surface area contributed by atoms with Crippen LogP contribution in [0.5, 0.6) is 0 Å². The lowest BCUT2D eigenvalue weighted by molar-refractivity contribution is -0.116. The number of halogens is 1. The smallest absolute Gasteiger partial charge is 0.244 e. The third kappa shape index (κ3) is 7.55. The Labute approximate surface area is 240 Å². The monoisotopic (exact) mass is 569 g/mol. The molecule has 0 saturated heterocycles. The van der Waals surface area contributed by atoms with E-state index in [-0.39, 0.29) is 22.4 Å². The van der Waals surface area contributed by atoms with E-state index in [1.807, 2.05) is 32.1 Å². The maximum Gasteiger partial charge on any atom is 0.244 e. The minimum atomic E-state index is -3.31. The number of hydrogen-bond donors (Lipinski definition) is 2. The third-order valence-corrected chi connectivity index (χ3v) is 8.46. The molecule has 210 valence electrons. The molecule has 3 aromatic carbocycles. The number of amides is 1. The van der Waals surface area contributed by atoms with Crippen LogP contribution < -0.4 is 11.1 Å². The van der Waals surface area contributed by atoms with Gasteiger partial charge in [-0.2, -0.15) is 0 Å². The van der Waals surface area contributed by atoms with E-state index >= 15 is 0 Å². The fourth-order valence-corrected chi connectivity index (χ4v) is 5.18. The Bertz CT molecular complexity index is 1710. The molecule has 0 unspecified atom stereocenters. The molecule has 41 heavy (non-hydrogen) atoms. The van der Waals surface area contributed by atoms with Crippen LogP contribution in [0.25, 0.3) is 34.4 Å². The third-order valence-electron chi connectivity index (χ3n) is 6.71. The molecule has 0 radical (unpaired) electrons. The van der Waals surface area contributed by atoms with Crippen molar-refractivity contribution in [3.05, 3.63) is 113 Å². The van der Waals surface area contributed by atoms with Crippen molar-refractivity contribution in [3.63, 3.8) is 0 Å². The average Bonchev–Trinajstić information content (AvgIpc) is 2.97. The summed E-state index contributed by atoms with van der Waals surface area (Å²) < 4.78 is 38.3. The van der Waals surface area contributed by atoms with Crippen LogP contribution in [0.3, 0.4) is 0 Å². The fraction of sp³-hybridized carbons (Fsp3) is 0.152. The van der Waals surface area contributed by atoms with Gasteiger partial charge in [-0.15, -0.1) is 0 Å². The molecule has 0 atom stereocenters. The number of carbonyl (C=O) groups excluding carboxylic acids is 1. The predicted octanol–water partition coefficient (Wildman–Crippen LogP) is 6.47. The molecule has 0 saturated carbocycles. The fourth-order valence-electron chi connectivity index (χ4n) is 4.29. The molecule has 1 heterocycles. The van der Waals surface area contributed by atoms with Gasteiger partial charge in [0.05, 0.1) is 10.6 Å². The Balaban J connectivity index is 1.63. The summed E-state index contributed by atoms with van der Waals surface area (Å²) >= 11 is 0. The van der Waals surface area contributed by atoms with Gasteiger partial charge in [-0.25, -0.2) is 17.8 Å². The molecule has 0 aliphatic rings. The first-order valence-electron chi connectivity index (χ1n) is 13.1. The minimum absolute atomic E-state index is 0.0325. The first kappa shape index (κ1) is 29.4. The number of nitrogens with one attached hydrogen (secondary N) is 1. The highest BCUT2D eigenvalue weighted by atomic mass is 32.2. The Kier molecular flexibility index (Phi) is 9.14. The standard InChI is InChI=1S/C33H32FN3O3S/c1-4-41(39,40)30-13-9-25(10-14-30)28-18-27(23(3)31(19-28)26-7-11-29(34)12-8-26)17-22(2)20-37-33(38)16-6-24-5-15-32(35)36-21-24/h5-19,21H,4,20H2,1-3H3,(H2,35,36)(H,37,38)/b16-6+,22-17+. The molecule has 1 amide bonds. The molecule has 6 nitrogen and oxygen atoms in total. The molecule has 0 spiro atoms. The summed E-state index contributed by atoms with van der Waals surface area (Å²) in [5.74, 6) is -0.112. The number of rotatable bonds is 9. The summed E-state index contributed by atoms with van der Waals surface area (Å²) in [6.45, 7) is 5.89. The zero-order valence-corrected chi connectivity index (χ0v) is 24.0. The predicted molar refractivity (Wildman–Crippen MR) is 164 cm³/mol. The SMILES string of the molecule is CCS(=O)(=O)c1ccc(-c2cc(/C=C(\C)CNC(=O)/C=C/c3ccc(N)nc3)c(C)c(-c3ccc(F)cc3)c2)cc1. The molecule has 4 aromatic rings. The van der Waals surface area contributed by atoms with Gasteiger partial charge >= 0.3 is 0 Å². The van der Waals surface area contributed by atoms with Gasteiger partial charge in [0.25, 0.3) is 0 Å². The topological polar surface area (TPSA) is 102 Å². The summed E-state index contributed by atoms with van der Waals surface area (Å²) in [4.78, 5) is 16.7. The van der Waals surface area contributed by atoms with Crippen molar-refractivity contribution in [1.82, 2.24) is 10.3 Å². The van der Waals surface area contributed by atoms with Crippen LogP contribution in [0.15, 0.2) is 95.5 Å². The largest absolute Gasteiger partial charge is 0.384 e. The Morgan fingerprint density at radius 3 is 2.29 bits per heavy atom. The lowest BCUT2D eigenvalue weighted by Gasteiger charge is -2.15. The Hall–Kier alpha value is -4.56. The Morgan fingerprint density at radius 2 is 1.66 bits per heavy atom. The Morgan fingerprint density at radius 1 is 0.976 bits per heavy atom. The highest BCUT2D eigenvalue weighted by Gasteiger charge is 2.14. The van der Waals surface area contributed by atoms with E-state index in [0.717, 1.165) is 44.5 Å². The zero-order valence-electron chi connectivity index (χ0n) is 23.2. The molecule has 3 N–H and O–H groups in total. The highest BCUT2D eigenvalue weighted by Crippen LogP contribution is 2.33. The summed E-state index contributed by atoms with van der Waals surface area (Å²) in [5, 5.41) is 2.89. The number of anilines is 1. The van der Waals surface area contributed by atoms with Gasteiger partial charge in [0.2, 0.25) is 5.91 Å². The van der Waals surface area contributed by atoms with E-state index in [1.54, 1.807) is 67.7 Å². The second kappa shape index (κ2) is 12.7. The van der Waals surface area contributed by atoms with Crippen LogP contribution in [0.1, 0.15) is 30.5 Å². The van der Waals surface area contributed by atoms with Gasteiger partial charge < -0.3 is 11.1 Å². The average molecular weight is 570 g/mol. The lowest BCUT2D eigenvalue weighted by Crippen LogP contribution is -2.22. The second-order valence-corrected chi connectivity index (χ2v) is 12.0. The van der Waals surface area contributed by atoms with Crippen molar-refractivity contribution in [1.29, 1.82) is 0 Å². The van der Waals surface area contributed by atoms with Gasteiger partial charge in [0.15, 0.2) is 9.84 Å². The number of pyridine rings is 1.